The van der Waals surface area contributed by atoms with Crippen LogP contribution in [0.4, 0.5) is 0 Å². The fraction of sp³-hybridized carbons (Fsp3) is 0.625. The average Bonchev–Trinajstić information content (AvgIpc) is 2.41. The maximum Gasteiger partial charge on any atom is 0.0860 e. The number of rotatable bonds is 3. The summed E-state index contributed by atoms with van der Waals surface area (Å²) in [6, 6.07) is 6.31. The number of hydrogen-bond acceptors (Lipinski definition) is 2. The molecular weight excluding hydrogens is 222 g/mol. The second-order valence-electron chi connectivity index (χ2n) is 5.89. The summed E-state index contributed by atoms with van der Waals surface area (Å²) in [4.78, 5) is 0. The van der Waals surface area contributed by atoms with E-state index in [4.69, 9.17) is 5.73 Å². The molecule has 1 atom stereocenters. The maximum atomic E-state index is 10.8. The Morgan fingerprint density at radius 3 is 2.50 bits per heavy atom. The molecule has 0 aromatic heterocycles. The highest BCUT2D eigenvalue weighted by Crippen LogP contribution is 2.45. The van der Waals surface area contributed by atoms with Crippen molar-refractivity contribution < 1.29 is 5.11 Å². The second kappa shape index (κ2) is 5.41. The molecule has 1 fully saturated rings. The molecule has 1 aliphatic carbocycles. The standard InChI is InChI=1S/C16H25NO/c1-12-6-7-13(2)14(10-12)15(18)16(11-17)8-4-3-5-9-16/h6-7,10,15,18H,3-5,8-9,11,17H2,1-2H3. The molecule has 2 rings (SSSR count). The van der Waals surface area contributed by atoms with Crippen LogP contribution in [0.3, 0.4) is 0 Å². The van der Waals surface area contributed by atoms with Crippen LogP contribution in [0, 0.1) is 19.3 Å². The zero-order valence-electron chi connectivity index (χ0n) is 11.6. The molecule has 1 aromatic rings. The molecule has 1 saturated carbocycles. The molecule has 0 bridgehead atoms. The molecule has 100 valence electrons. The van der Waals surface area contributed by atoms with Gasteiger partial charge in [-0.05, 0) is 37.8 Å². The van der Waals surface area contributed by atoms with Gasteiger partial charge in [0, 0.05) is 12.0 Å². The molecule has 1 aliphatic rings. The van der Waals surface area contributed by atoms with Crippen LogP contribution in [0.5, 0.6) is 0 Å². The van der Waals surface area contributed by atoms with E-state index in [1.807, 2.05) is 0 Å². The largest absolute Gasteiger partial charge is 0.388 e. The topological polar surface area (TPSA) is 46.2 Å². The molecule has 0 saturated heterocycles. The summed E-state index contributed by atoms with van der Waals surface area (Å²) < 4.78 is 0. The van der Waals surface area contributed by atoms with E-state index in [0.717, 1.165) is 18.4 Å². The zero-order chi connectivity index (χ0) is 13.2. The molecule has 1 unspecified atom stereocenters. The van der Waals surface area contributed by atoms with Crippen molar-refractivity contribution in [2.45, 2.75) is 52.1 Å². The lowest BCUT2D eigenvalue weighted by Crippen LogP contribution is -2.38. The normalized spacial score (nSPS) is 20.7. The summed E-state index contributed by atoms with van der Waals surface area (Å²) in [5, 5.41) is 10.8. The molecule has 2 heteroatoms. The van der Waals surface area contributed by atoms with Gasteiger partial charge in [0.1, 0.15) is 0 Å². The first kappa shape index (κ1) is 13.6. The minimum atomic E-state index is -0.414. The smallest absolute Gasteiger partial charge is 0.0860 e. The Morgan fingerprint density at radius 2 is 1.89 bits per heavy atom. The van der Waals surface area contributed by atoms with E-state index in [0.29, 0.717) is 6.54 Å². The quantitative estimate of drug-likeness (QED) is 0.861. The number of aryl methyl sites for hydroxylation is 2. The average molecular weight is 247 g/mol. The highest BCUT2D eigenvalue weighted by Gasteiger charge is 2.39. The number of aliphatic hydroxyl groups excluding tert-OH is 1. The van der Waals surface area contributed by atoms with Gasteiger partial charge in [-0.1, -0.05) is 43.0 Å². The third-order valence-corrected chi connectivity index (χ3v) is 4.57. The Morgan fingerprint density at radius 1 is 1.22 bits per heavy atom. The van der Waals surface area contributed by atoms with E-state index in [-0.39, 0.29) is 5.41 Å². The van der Waals surface area contributed by atoms with E-state index in [1.54, 1.807) is 0 Å². The first-order valence-corrected chi connectivity index (χ1v) is 7.04. The van der Waals surface area contributed by atoms with E-state index < -0.39 is 6.10 Å². The summed E-state index contributed by atoms with van der Waals surface area (Å²) >= 11 is 0. The first-order valence-electron chi connectivity index (χ1n) is 7.04. The van der Waals surface area contributed by atoms with Crippen LogP contribution in [-0.4, -0.2) is 11.7 Å². The van der Waals surface area contributed by atoms with Crippen LogP contribution in [0.25, 0.3) is 0 Å². The van der Waals surface area contributed by atoms with Gasteiger partial charge >= 0.3 is 0 Å². The Kier molecular flexibility index (Phi) is 4.08. The van der Waals surface area contributed by atoms with Gasteiger partial charge in [-0.15, -0.1) is 0 Å². The lowest BCUT2D eigenvalue weighted by atomic mass is 9.68. The summed E-state index contributed by atoms with van der Waals surface area (Å²) in [6.07, 6.45) is 5.36. The van der Waals surface area contributed by atoms with Gasteiger partial charge in [0.2, 0.25) is 0 Å². The molecule has 18 heavy (non-hydrogen) atoms. The van der Waals surface area contributed by atoms with Gasteiger partial charge in [0.15, 0.2) is 0 Å². The summed E-state index contributed by atoms with van der Waals surface area (Å²) in [5.41, 5.74) is 9.35. The molecule has 0 radical (unpaired) electrons. The Hall–Kier alpha value is -0.860. The highest BCUT2D eigenvalue weighted by molar-refractivity contribution is 5.33. The molecule has 2 nitrogen and oxygen atoms in total. The molecule has 0 aliphatic heterocycles. The van der Waals surface area contributed by atoms with Crippen LogP contribution in [0.15, 0.2) is 18.2 Å². The number of aliphatic hydroxyl groups is 1. The van der Waals surface area contributed by atoms with Crippen molar-refractivity contribution in [3.63, 3.8) is 0 Å². The summed E-state index contributed by atoms with van der Waals surface area (Å²) in [5.74, 6) is 0. The van der Waals surface area contributed by atoms with Crippen molar-refractivity contribution >= 4 is 0 Å². The minimum absolute atomic E-state index is 0.100. The molecular formula is C16H25NO. The van der Waals surface area contributed by atoms with Crippen molar-refractivity contribution in [3.8, 4) is 0 Å². The van der Waals surface area contributed by atoms with Gasteiger partial charge in [0.05, 0.1) is 6.10 Å². The predicted octanol–water partition coefficient (Wildman–Crippen LogP) is 3.25. The zero-order valence-corrected chi connectivity index (χ0v) is 11.6. The van der Waals surface area contributed by atoms with Crippen LogP contribution >= 0.6 is 0 Å². The monoisotopic (exact) mass is 247 g/mol. The molecule has 0 heterocycles. The van der Waals surface area contributed by atoms with Crippen LogP contribution in [0.2, 0.25) is 0 Å². The third kappa shape index (κ3) is 2.45. The van der Waals surface area contributed by atoms with E-state index in [1.165, 1.54) is 30.4 Å². The molecule has 3 N–H and O–H groups in total. The van der Waals surface area contributed by atoms with Crippen LogP contribution in [0.1, 0.15) is 54.9 Å². The fourth-order valence-corrected chi connectivity index (χ4v) is 3.23. The van der Waals surface area contributed by atoms with Gasteiger partial charge < -0.3 is 10.8 Å². The second-order valence-corrected chi connectivity index (χ2v) is 5.89. The van der Waals surface area contributed by atoms with Crippen molar-refractivity contribution in [3.05, 3.63) is 34.9 Å². The minimum Gasteiger partial charge on any atom is -0.388 e. The van der Waals surface area contributed by atoms with Crippen LogP contribution < -0.4 is 5.73 Å². The number of nitrogens with two attached hydrogens (primary N) is 1. The summed E-state index contributed by atoms with van der Waals surface area (Å²) in [7, 11) is 0. The fourth-order valence-electron chi connectivity index (χ4n) is 3.23. The van der Waals surface area contributed by atoms with Gasteiger partial charge in [0.25, 0.3) is 0 Å². The Balaban J connectivity index is 2.33. The highest BCUT2D eigenvalue weighted by atomic mass is 16.3. The van der Waals surface area contributed by atoms with Crippen molar-refractivity contribution in [1.82, 2.24) is 0 Å². The summed E-state index contributed by atoms with van der Waals surface area (Å²) in [6.45, 7) is 4.73. The third-order valence-electron chi connectivity index (χ3n) is 4.57. The van der Waals surface area contributed by atoms with E-state index in [2.05, 4.69) is 32.0 Å². The van der Waals surface area contributed by atoms with Gasteiger partial charge in [-0.3, -0.25) is 0 Å². The first-order chi connectivity index (χ1) is 8.59. The van der Waals surface area contributed by atoms with E-state index >= 15 is 0 Å². The molecule has 0 spiro atoms. The van der Waals surface area contributed by atoms with Crippen molar-refractivity contribution in [2.24, 2.45) is 11.1 Å². The predicted molar refractivity (Wildman–Crippen MR) is 75.4 cm³/mol. The SMILES string of the molecule is Cc1ccc(C)c(C(O)C2(CN)CCCCC2)c1. The molecule has 1 aromatic carbocycles. The number of hydrogen-bond donors (Lipinski definition) is 2. The van der Waals surface area contributed by atoms with Crippen LogP contribution in [-0.2, 0) is 0 Å². The van der Waals surface area contributed by atoms with E-state index in [9.17, 15) is 5.11 Å². The Bertz CT molecular complexity index is 408. The van der Waals surface area contributed by atoms with Gasteiger partial charge in [-0.25, -0.2) is 0 Å². The maximum absolute atomic E-state index is 10.8. The Labute approximate surface area is 110 Å². The van der Waals surface area contributed by atoms with Crippen molar-refractivity contribution in [1.29, 1.82) is 0 Å². The lowest BCUT2D eigenvalue weighted by Gasteiger charge is -2.41. The van der Waals surface area contributed by atoms with Crippen molar-refractivity contribution in [2.75, 3.05) is 6.54 Å². The lowest BCUT2D eigenvalue weighted by molar-refractivity contribution is 0.000270. The van der Waals surface area contributed by atoms with Gasteiger partial charge in [-0.2, -0.15) is 0 Å². The number of benzene rings is 1. The molecule has 0 amide bonds.